The number of amides is 1. The molecule has 1 aromatic carbocycles. The Morgan fingerprint density at radius 2 is 1.81 bits per heavy atom. The summed E-state index contributed by atoms with van der Waals surface area (Å²) in [6.45, 7) is 3.01. The van der Waals surface area contributed by atoms with Gasteiger partial charge in [0.1, 0.15) is 11.1 Å². The van der Waals surface area contributed by atoms with Gasteiger partial charge in [0.2, 0.25) is 0 Å². The maximum Gasteiger partial charge on any atom is 0.349 e. The molecular weight excluding hydrogens is 352 g/mol. The Bertz CT molecular complexity index is 795. The van der Waals surface area contributed by atoms with Crippen LogP contribution in [0.15, 0.2) is 33.5 Å². The Morgan fingerprint density at radius 3 is 2.54 bits per heavy atom. The molecule has 0 saturated heterocycles. The average Bonchev–Trinajstić information content (AvgIpc) is 2.87. The standard InChI is InChI=1S/C20H26N2O3.ClH/c1-14-16-10-6-7-11-17(16)25-20(24)18(14)19(23)22-13-12-21-15-8-4-2-3-5-9-15;/h6-7,10-11,15,21H,2-5,8-9,12-13H2,1H3,(H,22,23);1H. The van der Waals surface area contributed by atoms with Crippen LogP contribution in [0.4, 0.5) is 0 Å². The fourth-order valence-corrected chi connectivity index (χ4v) is 3.59. The lowest BCUT2D eigenvalue weighted by atomic mass is 10.1. The van der Waals surface area contributed by atoms with Crippen molar-refractivity contribution in [3.8, 4) is 0 Å². The number of fused-ring (bicyclic) bond motifs is 1. The highest BCUT2D eigenvalue weighted by molar-refractivity contribution is 5.99. The van der Waals surface area contributed by atoms with Crippen LogP contribution >= 0.6 is 12.4 Å². The Morgan fingerprint density at radius 1 is 1.12 bits per heavy atom. The van der Waals surface area contributed by atoms with E-state index in [1.807, 2.05) is 18.2 Å². The Kier molecular flexibility index (Phi) is 7.66. The summed E-state index contributed by atoms with van der Waals surface area (Å²) in [6.07, 6.45) is 7.63. The first-order chi connectivity index (χ1) is 12.2. The summed E-state index contributed by atoms with van der Waals surface area (Å²) in [5.74, 6) is -0.361. The largest absolute Gasteiger partial charge is 0.422 e. The molecule has 0 spiro atoms. The topological polar surface area (TPSA) is 71.3 Å². The molecular formula is C20H27ClN2O3. The number of benzene rings is 1. The number of nitrogens with one attached hydrogen (secondary N) is 2. The summed E-state index contributed by atoms with van der Waals surface area (Å²) >= 11 is 0. The van der Waals surface area contributed by atoms with Gasteiger partial charge < -0.3 is 15.1 Å². The number of hydrogen-bond acceptors (Lipinski definition) is 4. The van der Waals surface area contributed by atoms with Crippen molar-refractivity contribution in [3.05, 3.63) is 45.8 Å². The van der Waals surface area contributed by atoms with Crippen molar-refractivity contribution in [2.24, 2.45) is 0 Å². The van der Waals surface area contributed by atoms with Crippen molar-refractivity contribution in [2.75, 3.05) is 13.1 Å². The van der Waals surface area contributed by atoms with Crippen LogP contribution in [-0.4, -0.2) is 25.0 Å². The number of carbonyl (C=O) groups excluding carboxylic acids is 1. The SMILES string of the molecule is Cc1c(C(=O)NCCNC2CCCCCC2)c(=O)oc2ccccc12.Cl. The second-order valence-corrected chi connectivity index (χ2v) is 6.78. The van der Waals surface area contributed by atoms with Crippen molar-refractivity contribution in [3.63, 3.8) is 0 Å². The van der Waals surface area contributed by atoms with E-state index < -0.39 is 5.63 Å². The molecule has 2 aromatic rings. The summed E-state index contributed by atoms with van der Waals surface area (Å²) in [5.41, 5.74) is 0.705. The minimum Gasteiger partial charge on any atom is -0.422 e. The molecule has 1 aliphatic carbocycles. The molecule has 0 radical (unpaired) electrons. The first kappa shape index (κ1) is 20.5. The number of rotatable bonds is 5. The Labute approximate surface area is 160 Å². The van der Waals surface area contributed by atoms with Gasteiger partial charge in [-0.3, -0.25) is 4.79 Å². The van der Waals surface area contributed by atoms with E-state index in [0.29, 0.717) is 30.3 Å². The van der Waals surface area contributed by atoms with Gasteiger partial charge >= 0.3 is 5.63 Å². The van der Waals surface area contributed by atoms with E-state index in [-0.39, 0.29) is 23.9 Å². The predicted molar refractivity (Wildman–Crippen MR) is 106 cm³/mol. The molecule has 1 aromatic heterocycles. The molecule has 5 nitrogen and oxygen atoms in total. The van der Waals surface area contributed by atoms with Gasteiger partial charge in [-0.1, -0.05) is 43.9 Å². The van der Waals surface area contributed by atoms with E-state index in [9.17, 15) is 9.59 Å². The number of carbonyl (C=O) groups is 1. The zero-order chi connectivity index (χ0) is 17.6. The third kappa shape index (κ3) is 4.86. The van der Waals surface area contributed by atoms with E-state index in [0.717, 1.165) is 5.39 Å². The van der Waals surface area contributed by atoms with Gasteiger partial charge in [-0.15, -0.1) is 12.4 Å². The zero-order valence-corrected chi connectivity index (χ0v) is 16.0. The molecule has 3 rings (SSSR count). The van der Waals surface area contributed by atoms with Gasteiger partial charge in [-0.05, 0) is 31.4 Å². The fraction of sp³-hybridized carbons (Fsp3) is 0.500. The summed E-state index contributed by atoms with van der Waals surface area (Å²) in [7, 11) is 0. The number of aryl methyl sites for hydroxylation is 1. The van der Waals surface area contributed by atoms with Crippen LogP contribution in [-0.2, 0) is 0 Å². The van der Waals surface area contributed by atoms with Crippen molar-refractivity contribution < 1.29 is 9.21 Å². The summed E-state index contributed by atoms with van der Waals surface area (Å²) in [5, 5.41) is 7.15. The van der Waals surface area contributed by atoms with Crippen LogP contribution in [0, 0.1) is 6.92 Å². The van der Waals surface area contributed by atoms with Crippen LogP contribution in [0.5, 0.6) is 0 Å². The number of para-hydroxylation sites is 1. The molecule has 1 aliphatic rings. The van der Waals surface area contributed by atoms with Gasteiger partial charge in [-0.2, -0.15) is 0 Å². The van der Waals surface area contributed by atoms with Gasteiger partial charge in [0.15, 0.2) is 0 Å². The molecule has 1 fully saturated rings. The Hall–Kier alpha value is -1.85. The van der Waals surface area contributed by atoms with Gasteiger partial charge in [-0.25, -0.2) is 4.79 Å². The maximum absolute atomic E-state index is 12.4. The number of hydrogen-bond donors (Lipinski definition) is 2. The molecule has 0 unspecified atom stereocenters. The minimum absolute atomic E-state index is 0. The highest BCUT2D eigenvalue weighted by Crippen LogP contribution is 2.19. The molecule has 142 valence electrons. The number of halogens is 1. The predicted octanol–water partition coefficient (Wildman–Crippen LogP) is 3.57. The highest BCUT2D eigenvalue weighted by Gasteiger charge is 2.18. The summed E-state index contributed by atoms with van der Waals surface area (Å²) in [6, 6.07) is 7.82. The van der Waals surface area contributed by atoms with Crippen LogP contribution in [0.1, 0.15) is 54.4 Å². The average molecular weight is 379 g/mol. The Balaban J connectivity index is 0.00000243. The van der Waals surface area contributed by atoms with Crippen LogP contribution in [0.2, 0.25) is 0 Å². The summed E-state index contributed by atoms with van der Waals surface area (Å²) < 4.78 is 5.28. The lowest BCUT2D eigenvalue weighted by molar-refractivity contribution is 0.0949. The molecule has 2 N–H and O–H groups in total. The third-order valence-corrected chi connectivity index (χ3v) is 5.00. The van der Waals surface area contributed by atoms with Crippen molar-refractivity contribution in [2.45, 2.75) is 51.5 Å². The molecule has 0 atom stereocenters. The quantitative estimate of drug-likeness (QED) is 0.474. The summed E-state index contributed by atoms with van der Waals surface area (Å²) in [4.78, 5) is 24.6. The van der Waals surface area contributed by atoms with E-state index in [4.69, 9.17) is 4.42 Å². The molecule has 0 bridgehead atoms. The lowest BCUT2D eigenvalue weighted by Gasteiger charge is -2.16. The third-order valence-electron chi connectivity index (χ3n) is 5.00. The highest BCUT2D eigenvalue weighted by atomic mass is 35.5. The lowest BCUT2D eigenvalue weighted by Crippen LogP contribution is -2.38. The van der Waals surface area contributed by atoms with Gasteiger partial charge in [0.05, 0.1) is 0 Å². The maximum atomic E-state index is 12.4. The normalized spacial score (nSPS) is 15.3. The van der Waals surface area contributed by atoms with Crippen molar-refractivity contribution in [1.29, 1.82) is 0 Å². The molecule has 26 heavy (non-hydrogen) atoms. The molecule has 1 heterocycles. The zero-order valence-electron chi connectivity index (χ0n) is 15.2. The molecule has 1 saturated carbocycles. The van der Waals surface area contributed by atoms with E-state index in [2.05, 4.69) is 10.6 Å². The smallest absolute Gasteiger partial charge is 0.349 e. The van der Waals surface area contributed by atoms with Gasteiger partial charge in [0.25, 0.3) is 5.91 Å². The van der Waals surface area contributed by atoms with Crippen LogP contribution in [0.3, 0.4) is 0 Å². The van der Waals surface area contributed by atoms with E-state index in [1.54, 1.807) is 13.0 Å². The van der Waals surface area contributed by atoms with Gasteiger partial charge in [0, 0.05) is 24.5 Å². The fourth-order valence-electron chi connectivity index (χ4n) is 3.59. The molecule has 6 heteroatoms. The van der Waals surface area contributed by atoms with Crippen LogP contribution in [0.25, 0.3) is 11.0 Å². The second-order valence-electron chi connectivity index (χ2n) is 6.78. The first-order valence-electron chi connectivity index (χ1n) is 9.21. The second kappa shape index (κ2) is 9.74. The van der Waals surface area contributed by atoms with Crippen molar-refractivity contribution in [1.82, 2.24) is 10.6 Å². The minimum atomic E-state index is -0.578. The van der Waals surface area contributed by atoms with E-state index >= 15 is 0 Å². The van der Waals surface area contributed by atoms with E-state index in [1.165, 1.54) is 38.5 Å². The monoisotopic (exact) mass is 378 g/mol. The first-order valence-corrected chi connectivity index (χ1v) is 9.21. The van der Waals surface area contributed by atoms with Crippen molar-refractivity contribution >= 4 is 29.3 Å². The molecule has 0 aliphatic heterocycles. The van der Waals surface area contributed by atoms with Crippen LogP contribution < -0.4 is 16.3 Å². The molecule has 1 amide bonds.